The van der Waals surface area contributed by atoms with Gasteiger partial charge in [-0.3, -0.25) is 4.90 Å². The summed E-state index contributed by atoms with van der Waals surface area (Å²) < 4.78 is 32.3. The zero-order valence-corrected chi connectivity index (χ0v) is 17.9. The molecule has 0 spiro atoms. The van der Waals surface area contributed by atoms with E-state index in [1.54, 1.807) is 7.11 Å². The molecule has 2 aromatic carbocycles. The van der Waals surface area contributed by atoms with Crippen LogP contribution in [0.4, 0.5) is 5.69 Å². The molecule has 3 rings (SSSR count). The molecule has 1 heterocycles. The summed E-state index contributed by atoms with van der Waals surface area (Å²) in [4.78, 5) is 4.78. The van der Waals surface area contributed by atoms with E-state index in [1.807, 2.05) is 42.5 Å². The van der Waals surface area contributed by atoms with Gasteiger partial charge in [0.1, 0.15) is 5.75 Å². The Bertz CT molecular complexity index is 833. The van der Waals surface area contributed by atoms with Gasteiger partial charge in [-0.05, 0) is 49.2 Å². The molecule has 1 saturated heterocycles. The molecule has 0 bridgehead atoms. The number of anilines is 1. The molecule has 0 aromatic heterocycles. The summed E-state index contributed by atoms with van der Waals surface area (Å²) >= 11 is 0. The number of benzene rings is 2. The third-order valence-corrected chi connectivity index (χ3v) is 6.67. The quantitative estimate of drug-likeness (QED) is 0.602. The monoisotopic (exact) mass is 417 g/mol. The Balaban J connectivity index is 1.32. The van der Waals surface area contributed by atoms with Crippen molar-refractivity contribution in [2.24, 2.45) is 0 Å². The van der Waals surface area contributed by atoms with Crippen LogP contribution in [0.5, 0.6) is 5.75 Å². The Morgan fingerprint density at radius 1 is 0.966 bits per heavy atom. The second-order valence-electron chi connectivity index (χ2n) is 7.33. The number of sulfonamides is 1. The Hall–Kier alpha value is -2.09. The van der Waals surface area contributed by atoms with Gasteiger partial charge in [-0.15, -0.1) is 0 Å². The molecule has 0 unspecified atom stereocenters. The van der Waals surface area contributed by atoms with Crippen molar-refractivity contribution in [1.82, 2.24) is 9.62 Å². The van der Waals surface area contributed by atoms with E-state index in [-0.39, 0.29) is 5.75 Å². The van der Waals surface area contributed by atoms with Gasteiger partial charge in [0.15, 0.2) is 0 Å². The first kappa shape index (κ1) is 21.6. The average molecular weight is 418 g/mol. The molecular weight excluding hydrogens is 386 g/mol. The average Bonchev–Trinajstić information content (AvgIpc) is 2.77. The second-order valence-corrected chi connectivity index (χ2v) is 9.26. The van der Waals surface area contributed by atoms with Gasteiger partial charge in [0.25, 0.3) is 0 Å². The molecule has 1 aliphatic heterocycles. The predicted octanol–water partition coefficient (Wildman–Crippen LogP) is 2.37. The van der Waals surface area contributed by atoms with Crippen molar-refractivity contribution in [3.05, 3.63) is 60.2 Å². The van der Waals surface area contributed by atoms with Crippen molar-refractivity contribution in [1.29, 1.82) is 0 Å². The van der Waals surface area contributed by atoms with Crippen LogP contribution in [0.25, 0.3) is 0 Å². The first-order chi connectivity index (χ1) is 14.1. The third kappa shape index (κ3) is 7.03. The first-order valence-corrected chi connectivity index (χ1v) is 11.8. The Labute approximate surface area is 174 Å². The molecule has 0 amide bonds. The van der Waals surface area contributed by atoms with Crippen LogP contribution in [0.15, 0.2) is 54.6 Å². The van der Waals surface area contributed by atoms with Crippen molar-refractivity contribution in [3.8, 4) is 5.75 Å². The van der Waals surface area contributed by atoms with Gasteiger partial charge in [0.2, 0.25) is 10.0 Å². The second kappa shape index (κ2) is 10.6. The van der Waals surface area contributed by atoms with E-state index in [0.29, 0.717) is 13.0 Å². The maximum absolute atomic E-state index is 12.2. The number of aryl methyl sites for hydroxylation is 1. The maximum atomic E-state index is 12.2. The van der Waals surface area contributed by atoms with Crippen molar-refractivity contribution >= 4 is 15.7 Å². The summed E-state index contributed by atoms with van der Waals surface area (Å²) in [6.45, 7) is 5.36. The van der Waals surface area contributed by atoms with E-state index >= 15 is 0 Å². The molecule has 0 atom stereocenters. The van der Waals surface area contributed by atoms with Crippen LogP contribution in [-0.2, 0) is 16.4 Å². The molecule has 7 heteroatoms. The summed E-state index contributed by atoms with van der Waals surface area (Å²) in [5.74, 6) is 1.01. The Morgan fingerprint density at radius 3 is 2.31 bits per heavy atom. The Morgan fingerprint density at radius 2 is 1.66 bits per heavy atom. The van der Waals surface area contributed by atoms with Crippen LogP contribution in [0.2, 0.25) is 0 Å². The molecule has 29 heavy (non-hydrogen) atoms. The summed E-state index contributed by atoms with van der Waals surface area (Å²) in [6.07, 6.45) is 1.37. The number of ether oxygens (including phenoxy) is 1. The molecule has 1 N–H and O–H groups in total. The summed E-state index contributed by atoms with van der Waals surface area (Å²) in [5.41, 5.74) is 2.27. The van der Waals surface area contributed by atoms with Gasteiger partial charge >= 0.3 is 0 Å². The predicted molar refractivity (Wildman–Crippen MR) is 118 cm³/mol. The number of methoxy groups -OCH3 is 1. The van der Waals surface area contributed by atoms with Crippen LogP contribution in [0.1, 0.15) is 12.0 Å². The fourth-order valence-corrected chi connectivity index (χ4v) is 4.63. The van der Waals surface area contributed by atoms with Crippen LogP contribution in [0.3, 0.4) is 0 Å². The highest BCUT2D eigenvalue weighted by Gasteiger charge is 2.17. The SMILES string of the molecule is COc1ccc(N2CCN(CCCNS(=O)(=O)CCc3ccccc3)CC2)cc1. The fraction of sp³-hybridized carbons (Fsp3) is 0.455. The van der Waals surface area contributed by atoms with E-state index in [2.05, 4.69) is 26.7 Å². The molecule has 0 radical (unpaired) electrons. The summed E-state index contributed by atoms with van der Waals surface area (Å²) in [5, 5.41) is 0. The van der Waals surface area contributed by atoms with E-state index in [9.17, 15) is 8.42 Å². The number of nitrogens with zero attached hydrogens (tertiary/aromatic N) is 2. The summed E-state index contributed by atoms with van der Waals surface area (Å²) in [7, 11) is -1.54. The van der Waals surface area contributed by atoms with Crippen LogP contribution in [-0.4, -0.2) is 65.4 Å². The molecule has 0 saturated carbocycles. The van der Waals surface area contributed by atoms with Gasteiger partial charge in [0, 0.05) is 38.4 Å². The van der Waals surface area contributed by atoms with Gasteiger partial charge in [-0.1, -0.05) is 30.3 Å². The van der Waals surface area contributed by atoms with Gasteiger partial charge < -0.3 is 9.64 Å². The standard InChI is InChI=1S/C22H31N3O3S/c1-28-22-10-8-21(9-11-22)25-17-15-24(16-18-25)14-5-13-23-29(26,27)19-12-20-6-3-2-4-7-20/h2-4,6-11,23H,5,12-19H2,1H3. The number of nitrogens with one attached hydrogen (secondary N) is 1. The topological polar surface area (TPSA) is 61.9 Å². The van der Waals surface area contributed by atoms with E-state index in [1.165, 1.54) is 5.69 Å². The highest BCUT2D eigenvalue weighted by Crippen LogP contribution is 2.20. The lowest BCUT2D eigenvalue weighted by atomic mass is 10.2. The van der Waals surface area contributed by atoms with Crippen LogP contribution < -0.4 is 14.4 Å². The first-order valence-electron chi connectivity index (χ1n) is 10.2. The molecule has 1 aliphatic rings. The van der Waals surface area contributed by atoms with Gasteiger partial charge in [0.05, 0.1) is 12.9 Å². The molecule has 0 aliphatic carbocycles. The zero-order chi connectivity index (χ0) is 20.5. The number of piperazine rings is 1. The van der Waals surface area contributed by atoms with E-state index in [4.69, 9.17) is 4.74 Å². The van der Waals surface area contributed by atoms with Gasteiger partial charge in [-0.25, -0.2) is 13.1 Å². The Kier molecular flexibility index (Phi) is 7.91. The minimum absolute atomic E-state index is 0.136. The van der Waals surface area contributed by atoms with Crippen LogP contribution >= 0.6 is 0 Å². The van der Waals surface area contributed by atoms with E-state index in [0.717, 1.165) is 50.5 Å². The number of hydrogen-bond acceptors (Lipinski definition) is 5. The minimum Gasteiger partial charge on any atom is -0.497 e. The highest BCUT2D eigenvalue weighted by atomic mass is 32.2. The zero-order valence-electron chi connectivity index (χ0n) is 17.1. The highest BCUT2D eigenvalue weighted by molar-refractivity contribution is 7.89. The maximum Gasteiger partial charge on any atom is 0.211 e. The number of rotatable bonds is 10. The van der Waals surface area contributed by atoms with Crippen LogP contribution in [0, 0.1) is 0 Å². The molecule has 1 fully saturated rings. The molecule has 6 nitrogen and oxygen atoms in total. The lowest BCUT2D eigenvalue weighted by Gasteiger charge is -2.36. The smallest absolute Gasteiger partial charge is 0.211 e. The third-order valence-electron chi connectivity index (χ3n) is 5.29. The lowest BCUT2D eigenvalue weighted by Crippen LogP contribution is -2.47. The largest absolute Gasteiger partial charge is 0.497 e. The molecule has 2 aromatic rings. The summed E-state index contributed by atoms with van der Waals surface area (Å²) in [6, 6.07) is 17.9. The lowest BCUT2D eigenvalue weighted by molar-refractivity contribution is 0.255. The molecular formula is C22H31N3O3S. The van der Waals surface area contributed by atoms with Crippen molar-refractivity contribution < 1.29 is 13.2 Å². The fourth-order valence-electron chi connectivity index (χ4n) is 3.52. The molecule has 158 valence electrons. The van der Waals surface area contributed by atoms with Crippen molar-refractivity contribution in [2.75, 3.05) is 57.0 Å². The van der Waals surface area contributed by atoms with E-state index < -0.39 is 10.0 Å². The minimum atomic E-state index is -3.22. The van der Waals surface area contributed by atoms with Gasteiger partial charge in [-0.2, -0.15) is 0 Å². The number of hydrogen-bond donors (Lipinski definition) is 1. The van der Waals surface area contributed by atoms with Crippen molar-refractivity contribution in [2.45, 2.75) is 12.8 Å². The van der Waals surface area contributed by atoms with Crippen molar-refractivity contribution in [3.63, 3.8) is 0 Å². The normalized spacial score (nSPS) is 15.4.